The van der Waals surface area contributed by atoms with Crippen LogP contribution < -0.4 is 4.90 Å². The molecule has 0 bridgehead atoms. The van der Waals surface area contributed by atoms with E-state index >= 15 is 0 Å². The lowest BCUT2D eigenvalue weighted by atomic mass is 10.2. The molecule has 4 heterocycles. The molecule has 10 heteroatoms. The van der Waals surface area contributed by atoms with E-state index in [1.54, 1.807) is 17.4 Å². The van der Waals surface area contributed by atoms with Crippen LogP contribution >= 0.6 is 11.3 Å². The van der Waals surface area contributed by atoms with Gasteiger partial charge < -0.3 is 4.90 Å². The smallest absolute Gasteiger partial charge is 0.347 e. The Balaban J connectivity index is 1.75. The van der Waals surface area contributed by atoms with Crippen molar-refractivity contribution in [2.75, 3.05) is 11.4 Å². The Morgan fingerprint density at radius 1 is 1.25 bits per heavy atom. The van der Waals surface area contributed by atoms with Crippen molar-refractivity contribution in [3.63, 3.8) is 0 Å². The zero-order valence-corrected chi connectivity index (χ0v) is 13.5. The van der Waals surface area contributed by atoms with E-state index in [4.69, 9.17) is 0 Å². The maximum absolute atomic E-state index is 13.0. The minimum Gasteiger partial charge on any atom is -0.347 e. The first-order chi connectivity index (χ1) is 11.4. The minimum absolute atomic E-state index is 0.0331. The number of aromatic nitrogens is 5. The quantitative estimate of drug-likeness (QED) is 0.707. The second-order valence-electron chi connectivity index (χ2n) is 5.63. The Kier molecular flexibility index (Phi) is 3.44. The van der Waals surface area contributed by atoms with Crippen molar-refractivity contribution >= 4 is 22.8 Å². The van der Waals surface area contributed by atoms with Crippen molar-refractivity contribution in [1.82, 2.24) is 24.8 Å². The van der Waals surface area contributed by atoms with Gasteiger partial charge in [0.1, 0.15) is 5.82 Å². The van der Waals surface area contributed by atoms with E-state index in [1.807, 2.05) is 17.2 Å². The maximum Gasteiger partial charge on any atom is 0.453 e. The molecule has 0 N–H and O–H groups in total. The Labute approximate surface area is 139 Å². The molecule has 1 fully saturated rings. The maximum atomic E-state index is 13.0. The van der Waals surface area contributed by atoms with Gasteiger partial charge in [0.25, 0.3) is 5.82 Å². The summed E-state index contributed by atoms with van der Waals surface area (Å²) in [4.78, 5) is 6.51. The van der Waals surface area contributed by atoms with Crippen LogP contribution in [0.2, 0.25) is 0 Å². The first kappa shape index (κ1) is 15.3. The standard InChI is InChI=1S/C14H13F3N6S/c1-8-18-9(7-24-8)10-3-2-6-22(10)12-5-4-11-19-20-13(14(15,16)17)23(11)21-12/h4-5,7,10H,2-3,6H2,1H3/t10-/m1/s1. The van der Waals surface area contributed by atoms with Gasteiger partial charge in [-0.25, -0.2) is 4.98 Å². The van der Waals surface area contributed by atoms with Gasteiger partial charge in [-0.2, -0.15) is 17.7 Å². The lowest BCUT2D eigenvalue weighted by molar-refractivity contribution is -0.146. The summed E-state index contributed by atoms with van der Waals surface area (Å²) in [6.07, 6.45) is -2.76. The van der Waals surface area contributed by atoms with Crippen molar-refractivity contribution in [3.05, 3.63) is 34.0 Å². The van der Waals surface area contributed by atoms with Crippen LogP contribution in [0.15, 0.2) is 17.5 Å². The molecule has 0 aromatic carbocycles. The van der Waals surface area contributed by atoms with Gasteiger partial charge in [-0.1, -0.05) is 0 Å². The Hall–Kier alpha value is -2.23. The Morgan fingerprint density at radius 2 is 2.08 bits per heavy atom. The fourth-order valence-electron chi connectivity index (χ4n) is 2.99. The van der Waals surface area contributed by atoms with E-state index < -0.39 is 12.0 Å². The molecule has 0 amide bonds. The number of aryl methyl sites for hydroxylation is 1. The van der Waals surface area contributed by atoms with Gasteiger partial charge in [-0.05, 0) is 31.9 Å². The Morgan fingerprint density at radius 3 is 2.79 bits per heavy atom. The average molecular weight is 354 g/mol. The van der Waals surface area contributed by atoms with E-state index in [9.17, 15) is 13.2 Å². The number of halogens is 3. The number of rotatable bonds is 2. The van der Waals surface area contributed by atoms with Crippen LogP contribution in [0.25, 0.3) is 5.65 Å². The van der Waals surface area contributed by atoms with Crippen LogP contribution in [0, 0.1) is 6.92 Å². The van der Waals surface area contributed by atoms with Crippen LogP contribution in [0.1, 0.15) is 35.4 Å². The summed E-state index contributed by atoms with van der Waals surface area (Å²) in [6.45, 7) is 2.66. The van der Waals surface area contributed by atoms with Crippen molar-refractivity contribution in [2.45, 2.75) is 32.0 Å². The molecule has 0 spiro atoms. The first-order valence-electron chi connectivity index (χ1n) is 7.42. The van der Waals surface area contributed by atoms with Crippen LogP contribution in [0.3, 0.4) is 0 Å². The van der Waals surface area contributed by atoms with E-state index in [0.717, 1.165) is 34.6 Å². The highest BCUT2D eigenvalue weighted by Gasteiger charge is 2.38. The van der Waals surface area contributed by atoms with Crippen LogP contribution in [-0.2, 0) is 6.18 Å². The van der Waals surface area contributed by atoms with Crippen LogP contribution in [0.5, 0.6) is 0 Å². The molecule has 4 rings (SSSR count). The van der Waals surface area contributed by atoms with Crippen molar-refractivity contribution < 1.29 is 13.2 Å². The van der Waals surface area contributed by atoms with Gasteiger partial charge in [-0.3, -0.25) is 0 Å². The zero-order chi connectivity index (χ0) is 16.9. The van der Waals surface area contributed by atoms with Crippen molar-refractivity contribution in [1.29, 1.82) is 0 Å². The molecule has 0 saturated carbocycles. The molecule has 1 aliphatic rings. The summed E-state index contributed by atoms with van der Waals surface area (Å²) in [6, 6.07) is 3.22. The topological polar surface area (TPSA) is 59.2 Å². The number of nitrogens with zero attached hydrogens (tertiary/aromatic N) is 6. The summed E-state index contributed by atoms with van der Waals surface area (Å²) in [5.41, 5.74) is 1.02. The number of hydrogen-bond acceptors (Lipinski definition) is 6. The SMILES string of the molecule is Cc1nc([C@H]2CCCN2c2ccc3nnc(C(F)(F)F)n3n2)cs1. The Bertz CT molecular complexity index is 886. The first-order valence-corrected chi connectivity index (χ1v) is 8.30. The predicted molar refractivity (Wildman–Crippen MR) is 82.0 cm³/mol. The summed E-state index contributed by atoms with van der Waals surface area (Å²) in [5, 5.41) is 13.9. The molecule has 0 radical (unpaired) electrons. The molecule has 1 saturated heterocycles. The fourth-order valence-corrected chi connectivity index (χ4v) is 3.65. The predicted octanol–water partition coefficient (Wildman–Crippen LogP) is 3.25. The normalized spacial score (nSPS) is 18.7. The number of fused-ring (bicyclic) bond motifs is 1. The van der Waals surface area contributed by atoms with Gasteiger partial charge >= 0.3 is 6.18 Å². The van der Waals surface area contributed by atoms with Gasteiger partial charge in [0, 0.05) is 11.9 Å². The number of alkyl halides is 3. The average Bonchev–Trinajstić information content (AvgIpc) is 3.23. The summed E-state index contributed by atoms with van der Waals surface area (Å²) in [7, 11) is 0. The molecule has 3 aromatic heterocycles. The summed E-state index contributed by atoms with van der Waals surface area (Å²) in [5.74, 6) is -0.638. The highest BCUT2D eigenvalue weighted by molar-refractivity contribution is 7.09. The molecule has 6 nitrogen and oxygen atoms in total. The van der Waals surface area contributed by atoms with E-state index in [1.165, 1.54) is 6.07 Å². The van der Waals surface area contributed by atoms with Gasteiger partial charge in [-0.15, -0.1) is 26.6 Å². The molecule has 0 aliphatic carbocycles. The van der Waals surface area contributed by atoms with Gasteiger partial charge in [0.2, 0.25) is 0 Å². The van der Waals surface area contributed by atoms with Crippen LogP contribution in [-0.4, -0.2) is 31.3 Å². The monoisotopic (exact) mass is 354 g/mol. The number of anilines is 1. The molecule has 1 aliphatic heterocycles. The molecule has 1 atom stereocenters. The molecule has 3 aromatic rings. The third kappa shape index (κ3) is 2.50. The van der Waals surface area contributed by atoms with Gasteiger partial charge in [0.05, 0.1) is 16.7 Å². The fraction of sp³-hybridized carbons (Fsp3) is 0.429. The highest BCUT2D eigenvalue weighted by Crippen LogP contribution is 2.36. The largest absolute Gasteiger partial charge is 0.453 e. The zero-order valence-electron chi connectivity index (χ0n) is 12.7. The highest BCUT2D eigenvalue weighted by atomic mass is 32.1. The molecular formula is C14H13F3N6S. The number of hydrogen-bond donors (Lipinski definition) is 0. The third-order valence-corrected chi connectivity index (χ3v) is 4.82. The summed E-state index contributed by atoms with van der Waals surface area (Å²) < 4.78 is 39.8. The van der Waals surface area contributed by atoms with Crippen molar-refractivity contribution in [2.24, 2.45) is 0 Å². The molecule has 126 valence electrons. The lowest BCUT2D eigenvalue weighted by Gasteiger charge is -2.24. The minimum atomic E-state index is -4.60. The summed E-state index contributed by atoms with van der Waals surface area (Å²) >= 11 is 1.57. The molecular weight excluding hydrogens is 341 g/mol. The van der Waals surface area contributed by atoms with E-state index in [-0.39, 0.29) is 11.7 Å². The van der Waals surface area contributed by atoms with Gasteiger partial charge in [0.15, 0.2) is 5.65 Å². The third-order valence-electron chi connectivity index (χ3n) is 4.03. The van der Waals surface area contributed by atoms with E-state index in [2.05, 4.69) is 20.3 Å². The van der Waals surface area contributed by atoms with Crippen LogP contribution in [0.4, 0.5) is 19.0 Å². The second kappa shape index (κ2) is 5.40. The number of thiazole rings is 1. The second-order valence-corrected chi connectivity index (χ2v) is 6.69. The van der Waals surface area contributed by atoms with Crippen molar-refractivity contribution in [3.8, 4) is 0 Å². The lowest BCUT2D eigenvalue weighted by Crippen LogP contribution is -2.25. The molecule has 24 heavy (non-hydrogen) atoms. The molecule has 0 unspecified atom stereocenters. The van der Waals surface area contributed by atoms with E-state index in [0.29, 0.717) is 5.82 Å².